The zero-order chi connectivity index (χ0) is 15.3. The molecule has 0 spiro atoms. The van der Waals surface area contributed by atoms with Gasteiger partial charge in [0.15, 0.2) is 0 Å². The zero-order valence-corrected chi connectivity index (χ0v) is 14.2. The van der Waals surface area contributed by atoms with Crippen LogP contribution in [0.3, 0.4) is 0 Å². The van der Waals surface area contributed by atoms with Crippen molar-refractivity contribution < 1.29 is 0 Å². The van der Waals surface area contributed by atoms with Crippen molar-refractivity contribution in [3.8, 4) is 0 Å². The van der Waals surface area contributed by atoms with Gasteiger partial charge in [0.1, 0.15) is 0 Å². The molecule has 1 fully saturated rings. The Morgan fingerprint density at radius 3 is 2.77 bits per heavy atom. The molecule has 3 heterocycles. The number of rotatable bonds is 2. The number of nitrogens with zero attached hydrogens (tertiary/aromatic N) is 2. The lowest BCUT2D eigenvalue weighted by Gasteiger charge is -2.45. The Labute approximate surface area is 134 Å². The van der Waals surface area contributed by atoms with E-state index in [1.165, 1.54) is 49.7 Å². The fourth-order valence-corrected chi connectivity index (χ4v) is 4.97. The average molecular weight is 296 g/mol. The summed E-state index contributed by atoms with van der Waals surface area (Å²) in [6, 6.07) is 10.2. The average Bonchev–Trinajstić information content (AvgIpc) is 2.89. The molecular formula is C20H28N2. The van der Waals surface area contributed by atoms with Crippen molar-refractivity contribution in [1.82, 2.24) is 9.47 Å². The number of piperidine rings is 1. The minimum Gasteiger partial charge on any atom is -0.340 e. The molecule has 2 nitrogen and oxygen atoms in total. The number of hydrogen-bond donors (Lipinski definition) is 0. The number of fused-ring (bicyclic) bond motifs is 5. The van der Waals surface area contributed by atoms with E-state index in [-0.39, 0.29) is 0 Å². The number of aromatic nitrogens is 1. The lowest BCUT2D eigenvalue weighted by Crippen LogP contribution is -2.44. The van der Waals surface area contributed by atoms with Gasteiger partial charge in [-0.1, -0.05) is 31.5 Å². The van der Waals surface area contributed by atoms with Crippen molar-refractivity contribution in [3.63, 3.8) is 0 Å². The normalized spacial score (nSPS) is 25.5. The Morgan fingerprint density at radius 1 is 1.18 bits per heavy atom. The SMILES string of the molecule is CC[C@@H]1CCCN2CCc3c(n(C(C)C)c4ccccc34)[C@@H]12. The van der Waals surface area contributed by atoms with Gasteiger partial charge >= 0.3 is 0 Å². The van der Waals surface area contributed by atoms with Gasteiger partial charge in [0.05, 0.1) is 6.04 Å². The van der Waals surface area contributed by atoms with Crippen LogP contribution in [0.15, 0.2) is 24.3 Å². The summed E-state index contributed by atoms with van der Waals surface area (Å²) in [6.07, 6.45) is 5.31. The van der Waals surface area contributed by atoms with Gasteiger partial charge in [0.25, 0.3) is 0 Å². The summed E-state index contributed by atoms with van der Waals surface area (Å²) in [4.78, 5) is 2.78. The highest BCUT2D eigenvalue weighted by atomic mass is 15.2. The van der Waals surface area contributed by atoms with Crippen LogP contribution in [0.25, 0.3) is 10.9 Å². The molecule has 0 radical (unpaired) electrons. The first-order valence-corrected chi connectivity index (χ1v) is 9.08. The molecule has 0 N–H and O–H groups in total. The molecule has 0 amide bonds. The highest BCUT2D eigenvalue weighted by Gasteiger charge is 2.39. The van der Waals surface area contributed by atoms with Crippen LogP contribution in [0.5, 0.6) is 0 Å². The highest BCUT2D eigenvalue weighted by Crippen LogP contribution is 2.46. The van der Waals surface area contributed by atoms with Gasteiger partial charge in [-0.3, -0.25) is 4.90 Å². The van der Waals surface area contributed by atoms with E-state index in [4.69, 9.17) is 0 Å². The summed E-state index contributed by atoms with van der Waals surface area (Å²) in [5.41, 5.74) is 4.74. The van der Waals surface area contributed by atoms with Gasteiger partial charge < -0.3 is 4.57 Å². The largest absolute Gasteiger partial charge is 0.340 e. The zero-order valence-electron chi connectivity index (χ0n) is 14.2. The minimum absolute atomic E-state index is 0.535. The third-order valence-electron chi connectivity index (χ3n) is 5.89. The Morgan fingerprint density at radius 2 is 2.00 bits per heavy atom. The molecule has 0 aliphatic carbocycles. The lowest BCUT2D eigenvalue weighted by atomic mass is 9.81. The topological polar surface area (TPSA) is 8.17 Å². The third kappa shape index (κ3) is 1.96. The molecule has 2 aliphatic rings. The molecule has 1 aromatic carbocycles. The molecule has 1 aromatic heterocycles. The standard InChI is InChI=1S/C20H28N2/c1-4-15-8-7-12-21-13-11-17-16-9-5-6-10-18(16)22(14(2)3)20(17)19(15)21/h5-6,9-10,14-15,19H,4,7-8,11-13H2,1-3H3/t15-,19-/m1/s1. The van der Waals surface area contributed by atoms with E-state index in [1.807, 2.05) is 0 Å². The van der Waals surface area contributed by atoms with Crippen LogP contribution >= 0.6 is 0 Å². The van der Waals surface area contributed by atoms with E-state index in [0.29, 0.717) is 12.1 Å². The number of para-hydroxylation sites is 1. The molecule has 2 aliphatic heterocycles. The fraction of sp³-hybridized carbons (Fsp3) is 0.600. The first-order valence-electron chi connectivity index (χ1n) is 9.08. The Hall–Kier alpha value is -1.28. The lowest BCUT2D eigenvalue weighted by molar-refractivity contribution is 0.0748. The number of hydrogen-bond acceptors (Lipinski definition) is 1. The van der Waals surface area contributed by atoms with Gasteiger partial charge in [0, 0.05) is 29.2 Å². The van der Waals surface area contributed by atoms with Gasteiger partial charge in [0.2, 0.25) is 0 Å². The quantitative estimate of drug-likeness (QED) is 0.762. The third-order valence-corrected chi connectivity index (χ3v) is 5.89. The van der Waals surface area contributed by atoms with Crippen molar-refractivity contribution >= 4 is 10.9 Å². The summed E-state index contributed by atoms with van der Waals surface area (Å²) in [5, 5.41) is 1.51. The first-order chi connectivity index (χ1) is 10.7. The summed E-state index contributed by atoms with van der Waals surface area (Å²) in [6.45, 7) is 9.61. The van der Waals surface area contributed by atoms with E-state index in [2.05, 4.69) is 54.5 Å². The van der Waals surface area contributed by atoms with Crippen molar-refractivity contribution in [3.05, 3.63) is 35.5 Å². The van der Waals surface area contributed by atoms with E-state index >= 15 is 0 Å². The molecule has 0 saturated carbocycles. The van der Waals surface area contributed by atoms with Crippen molar-refractivity contribution in [1.29, 1.82) is 0 Å². The summed E-state index contributed by atoms with van der Waals surface area (Å²) < 4.78 is 2.65. The summed E-state index contributed by atoms with van der Waals surface area (Å²) >= 11 is 0. The van der Waals surface area contributed by atoms with Crippen LogP contribution in [0.4, 0.5) is 0 Å². The van der Waals surface area contributed by atoms with E-state index in [0.717, 1.165) is 5.92 Å². The Kier molecular flexibility index (Phi) is 3.53. The number of benzene rings is 1. The maximum absolute atomic E-state index is 2.78. The van der Waals surface area contributed by atoms with Crippen LogP contribution in [-0.2, 0) is 6.42 Å². The van der Waals surface area contributed by atoms with Crippen LogP contribution in [0.1, 0.15) is 63.4 Å². The van der Waals surface area contributed by atoms with Crippen molar-refractivity contribution in [2.75, 3.05) is 13.1 Å². The van der Waals surface area contributed by atoms with E-state index in [1.54, 1.807) is 11.3 Å². The maximum Gasteiger partial charge on any atom is 0.0531 e. The first kappa shape index (κ1) is 14.3. The molecule has 2 atom stereocenters. The van der Waals surface area contributed by atoms with Crippen molar-refractivity contribution in [2.24, 2.45) is 5.92 Å². The summed E-state index contributed by atoms with van der Waals surface area (Å²) in [5.74, 6) is 0.828. The van der Waals surface area contributed by atoms with E-state index < -0.39 is 0 Å². The molecule has 4 rings (SSSR count). The second-order valence-corrected chi connectivity index (χ2v) is 7.39. The van der Waals surface area contributed by atoms with Crippen LogP contribution in [0.2, 0.25) is 0 Å². The van der Waals surface area contributed by atoms with Crippen LogP contribution in [0, 0.1) is 5.92 Å². The monoisotopic (exact) mass is 296 g/mol. The Balaban J connectivity index is 1.98. The maximum atomic E-state index is 2.78. The molecule has 0 bridgehead atoms. The molecule has 0 unspecified atom stereocenters. The van der Waals surface area contributed by atoms with Gasteiger partial charge in [-0.25, -0.2) is 0 Å². The van der Waals surface area contributed by atoms with E-state index in [9.17, 15) is 0 Å². The smallest absolute Gasteiger partial charge is 0.0531 e. The second kappa shape index (κ2) is 5.42. The van der Waals surface area contributed by atoms with Gasteiger partial charge in [-0.05, 0) is 57.2 Å². The molecular weight excluding hydrogens is 268 g/mol. The second-order valence-electron chi connectivity index (χ2n) is 7.39. The Bertz CT molecular complexity index is 682. The molecule has 2 heteroatoms. The molecule has 2 aromatic rings. The molecule has 118 valence electrons. The molecule has 1 saturated heterocycles. The summed E-state index contributed by atoms with van der Waals surface area (Å²) in [7, 11) is 0. The van der Waals surface area contributed by atoms with Crippen molar-refractivity contribution in [2.45, 2.75) is 58.5 Å². The highest BCUT2D eigenvalue weighted by molar-refractivity contribution is 5.86. The van der Waals surface area contributed by atoms with Crippen LogP contribution in [-0.4, -0.2) is 22.6 Å². The van der Waals surface area contributed by atoms with Gasteiger partial charge in [-0.2, -0.15) is 0 Å². The predicted molar refractivity (Wildman–Crippen MR) is 93.4 cm³/mol. The molecule has 22 heavy (non-hydrogen) atoms. The minimum atomic E-state index is 0.535. The predicted octanol–water partition coefficient (Wildman–Crippen LogP) is 4.94. The van der Waals surface area contributed by atoms with Crippen LogP contribution < -0.4 is 0 Å². The fourth-order valence-electron chi connectivity index (χ4n) is 4.97. The van der Waals surface area contributed by atoms with Gasteiger partial charge in [-0.15, -0.1) is 0 Å².